The molecule has 0 aromatic carbocycles. The molecule has 140 valence electrons. The van der Waals surface area contributed by atoms with Crippen molar-refractivity contribution < 1.29 is 13.7 Å². The molecule has 0 spiro atoms. The molecular formula is C20H22N4O3. The average molecular weight is 366 g/mol. The number of aromatic nitrogens is 3. The number of fused-ring (bicyclic) bond motifs is 1. The molecule has 3 aromatic heterocycles. The van der Waals surface area contributed by atoms with E-state index < -0.39 is 0 Å². The molecule has 1 amide bonds. The number of rotatable bonds is 3. The van der Waals surface area contributed by atoms with E-state index in [2.05, 4.69) is 15.1 Å². The molecule has 0 saturated carbocycles. The Hall–Kier alpha value is -2.96. The van der Waals surface area contributed by atoms with Gasteiger partial charge < -0.3 is 13.8 Å². The maximum absolute atomic E-state index is 12.4. The van der Waals surface area contributed by atoms with Crippen LogP contribution in [0.4, 0.5) is 0 Å². The van der Waals surface area contributed by atoms with Crippen molar-refractivity contribution in [3.8, 4) is 23.0 Å². The van der Waals surface area contributed by atoms with E-state index >= 15 is 0 Å². The fourth-order valence-electron chi connectivity index (χ4n) is 3.51. The SMILES string of the molecule is Cc1ccoc1-c1nc(-c2c(C)ncc3c2CCN(C(=O)C(C)C)C3)no1. The first kappa shape index (κ1) is 17.5. The van der Waals surface area contributed by atoms with Crippen molar-refractivity contribution >= 4 is 5.91 Å². The molecule has 0 bridgehead atoms. The molecule has 0 radical (unpaired) electrons. The fraction of sp³-hybridized carbons (Fsp3) is 0.400. The normalized spacial score (nSPS) is 13.9. The van der Waals surface area contributed by atoms with Gasteiger partial charge in [0.25, 0.3) is 5.89 Å². The summed E-state index contributed by atoms with van der Waals surface area (Å²) in [4.78, 5) is 23.3. The van der Waals surface area contributed by atoms with Crippen LogP contribution in [0.25, 0.3) is 23.0 Å². The summed E-state index contributed by atoms with van der Waals surface area (Å²) in [5, 5.41) is 4.17. The van der Waals surface area contributed by atoms with Crippen LogP contribution in [-0.2, 0) is 17.8 Å². The molecule has 0 saturated heterocycles. The van der Waals surface area contributed by atoms with E-state index in [1.807, 2.05) is 44.9 Å². The van der Waals surface area contributed by atoms with Gasteiger partial charge in [-0.15, -0.1) is 0 Å². The lowest BCUT2D eigenvalue weighted by atomic mass is 9.94. The van der Waals surface area contributed by atoms with Crippen LogP contribution in [0, 0.1) is 19.8 Å². The second-order valence-corrected chi connectivity index (χ2v) is 7.24. The minimum Gasteiger partial charge on any atom is -0.459 e. The Bertz CT molecular complexity index is 1000. The smallest absolute Gasteiger partial charge is 0.294 e. The quantitative estimate of drug-likeness (QED) is 0.705. The Balaban J connectivity index is 1.71. The number of pyridine rings is 1. The van der Waals surface area contributed by atoms with Crippen molar-refractivity contribution in [3.63, 3.8) is 0 Å². The zero-order valence-corrected chi connectivity index (χ0v) is 15.9. The molecule has 0 aliphatic carbocycles. The lowest BCUT2D eigenvalue weighted by Gasteiger charge is -2.31. The van der Waals surface area contributed by atoms with Crippen molar-refractivity contribution in [2.45, 2.75) is 40.7 Å². The Kier molecular flexibility index (Phi) is 4.30. The van der Waals surface area contributed by atoms with Gasteiger partial charge in [0.05, 0.1) is 6.26 Å². The summed E-state index contributed by atoms with van der Waals surface area (Å²) >= 11 is 0. The highest BCUT2D eigenvalue weighted by Crippen LogP contribution is 2.32. The van der Waals surface area contributed by atoms with Crippen LogP contribution in [0.2, 0.25) is 0 Å². The van der Waals surface area contributed by atoms with Crippen molar-refractivity contribution in [2.24, 2.45) is 5.92 Å². The molecule has 0 unspecified atom stereocenters. The molecule has 1 aliphatic rings. The number of furan rings is 1. The van der Waals surface area contributed by atoms with Gasteiger partial charge in [0.15, 0.2) is 5.76 Å². The van der Waals surface area contributed by atoms with E-state index in [9.17, 15) is 4.79 Å². The summed E-state index contributed by atoms with van der Waals surface area (Å²) < 4.78 is 10.9. The lowest BCUT2D eigenvalue weighted by Crippen LogP contribution is -2.38. The van der Waals surface area contributed by atoms with Gasteiger partial charge in [0.1, 0.15) is 0 Å². The number of hydrogen-bond acceptors (Lipinski definition) is 6. The Morgan fingerprint density at radius 2 is 2.11 bits per heavy atom. The maximum atomic E-state index is 12.4. The highest BCUT2D eigenvalue weighted by molar-refractivity contribution is 5.79. The molecule has 7 heteroatoms. The minimum atomic E-state index is -0.0132. The van der Waals surface area contributed by atoms with E-state index in [1.165, 1.54) is 0 Å². The molecule has 4 rings (SSSR count). The van der Waals surface area contributed by atoms with Crippen LogP contribution in [0.5, 0.6) is 0 Å². The summed E-state index contributed by atoms with van der Waals surface area (Å²) in [7, 11) is 0. The fourth-order valence-corrected chi connectivity index (χ4v) is 3.51. The molecule has 0 fully saturated rings. The zero-order chi connectivity index (χ0) is 19.1. The summed E-state index contributed by atoms with van der Waals surface area (Å²) in [5.41, 5.74) is 4.86. The molecule has 7 nitrogen and oxygen atoms in total. The van der Waals surface area contributed by atoms with Crippen LogP contribution in [-0.4, -0.2) is 32.5 Å². The monoisotopic (exact) mass is 366 g/mol. The molecule has 1 aliphatic heterocycles. The number of nitrogens with zero attached hydrogens (tertiary/aromatic N) is 4. The minimum absolute atomic E-state index is 0.0132. The Morgan fingerprint density at radius 3 is 2.81 bits per heavy atom. The van der Waals surface area contributed by atoms with Gasteiger partial charge in [-0.1, -0.05) is 19.0 Å². The maximum Gasteiger partial charge on any atom is 0.294 e. The van der Waals surface area contributed by atoms with E-state index in [-0.39, 0.29) is 11.8 Å². The van der Waals surface area contributed by atoms with Gasteiger partial charge >= 0.3 is 0 Å². The topological polar surface area (TPSA) is 85.3 Å². The predicted molar refractivity (Wildman–Crippen MR) is 98.7 cm³/mol. The zero-order valence-electron chi connectivity index (χ0n) is 15.9. The highest BCUT2D eigenvalue weighted by atomic mass is 16.5. The number of hydrogen-bond donors (Lipinski definition) is 0. The van der Waals surface area contributed by atoms with Crippen molar-refractivity contribution in [1.29, 1.82) is 0 Å². The molecular weight excluding hydrogens is 344 g/mol. The summed E-state index contributed by atoms with van der Waals surface area (Å²) in [6.45, 7) is 8.97. The van der Waals surface area contributed by atoms with Gasteiger partial charge in [0.2, 0.25) is 11.7 Å². The number of amides is 1. The van der Waals surface area contributed by atoms with Crippen LogP contribution in [0.3, 0.4) is 0 Å². The van der Waals surface area contributed by atoms with Gasteiger partial charge in [0, 0.05) is 42.0 Å². The molecule has 3 aromatic rings. The lowest BCUT2D eigenvalue weighted by molar-refractivity contribution is -0.135. The summed E-state index contributed by atoms with van der Waals surface area (Å²) in [5.74, 6) is 1.60. The third-order valence-corrected chi connectivity index (χ3v) is 4.97. The molecule has 0 atom stereocenters. The summed E-state index contributed by atoms with van der Waals surface area (Å²) in [6.07, 6.45) is 4.20. The number of aryl methyl sites for hydroxylation is 2. The summed E-state index contributed by atoms with van der Waals surface area (Å²) in [6, 6.07) is 1.86. The van der Waals surface area contributed by atoms with Gasteiger partial charge in [-0.2, -0.15) is 4.98 Å². The largest absolute Gasteiger partial charge is 0.459 e. The van der Waals surface area contributed by atoms with Crippen molar-refractivity contribution in [3.05, 3.63) is 40.9 Å². The number of carbonyl (C=O) groups excluding carboxylic acids is 1. The number of carbonyl (C=O) groups is 1. The van der Waals surface area contributed by atoms with Crippen LogP contribution in [0.15, 0.2) is 27.5 Å². The van der Waals surface area contributed by atoms with E-state index in [1.54, 1.807) is 6.26 Å². The highest BCUT2D eigenvalue weighted by Gasteiger charge is 2.27. The first-order valence-corrected chi connectivity index (χ1v) is 9.10. The van der Waals surface area contributed by atoms with Gasteiger partial charge in [-0.3, -0.25) is 9.78 Å². The third kappa shape index (κ3) is 3.03. The predicted octanol–water partition coefficient (Wildman–Crippen LogP) is 3.55. The Labute approximate surface area is 157 Å². The second kappa shape index (κ2) is 6.64. The Morgan fingerprint density at radius 1 is 1.30 bits per heavy atom. The van der Waals surface area contributed by atoms with Gasteiger partial charge in [-0.05, 0) is 37.5 Å². The standard InChI is InChI=1S/C20H22N4O3/c1-11(2)20(25)24-7-5-15-14(10-24)9-21-13(4)16(15)18-22-19(27-23-18)17-12(3)6-8-26-17/h6,8-9,11H,5,7,10H2,1-4H3. The molecule has 0 N–H and O–H groups in total. The van der Waals surface area contributed by atoms with Crippen LogP contribution in [0.1, 0.15) is 36.2 Å². The van der Waals surface area contributed by atoms with Gasteiger partial charge in [-0.25, -0.2) is 0 Å². The average Bonchev–Trinajstić information content (AvgIpc) is 3.29. The molecule has 4 heterocycles. The van der Waals surface area contributed by atoms with E-state index in [0.29, 0.717) is 30.6 Å². The molecule has 27 heavy (non-hydrogen) atoms. The van der Waals surface area contributed by atoms with E-state index in [0.717, 1.165) is 34.4 Å². The van der Waals surface area contributed by atoms with Crippen LogP contribution < -0.4 is 0 Å². The van der Waals surface area contributed by atoms with Crippen molar-refractivity contribution in [2.75, 3.05) is 6.54 Å². The second-order valence-electron chi connectivity index (χ2n) is 7.24. The van der Waals surface area contributed by atoms with E-state index in [4.69, 9.17) is 8.94 Å². The first-order valence-electron chi connectivity index (χ1n) is 9.10. The van der Waals surface area contributed by atoms with Crippen molar-refractivity contribution in [1.82, 2.24) is 20.0 Å². The third-order valence-electron chi connectivity index (χ3n) is 4.97. The van der Waals surface area contributed by atoms with Crippen LogP contribution >= 0.6 is 0 Å². The first-order chi connectivity index (χ1) is 13.0.